The van der Waals surface area contributed by atoms with Gasteiger partial charge in [-0.05, 0) is 25.8 Å². The summed E-state index contributed by atoms with van der Waals surface area (Å²) in [7, 11) is 0. The Kier molecular flexibility index (Phi) is 4.43. The van der Waals surface area contributed by atoms with E-state index in [4.69, 9.17) is 0 Å². The molecule has 1 aliphatic rings. The lowest BCUT2D eigenvalue weighted by molar-refractivity contribution is -0.122. The van der Waals surface area contributed by atoms with Gasteiger partial charge in [-0.2, -0.15) is 0 Å². The van der Waals surface area contributed by atoms with Crippen molar-refractivity contribution in [1.82, 2.24) is 5.32 Å². The number of hydrogen-bond acceptors (Lipinski definition) is 3. The minimum Gasteiger partial charge on any atom is -0.388 e. The maximum Gasteiger partial charge on any atom is 0.242 e. The number of anilines is 1. The molecule has 0 aliphatic carbocycles. The van der Waals surface area contributed by atoms with E-state index >= 15 is 0 Å². The van der Waals surface area contributed by atoms with Crippen LogP contribution in [0.1, 0.15) is 38.4 Å². The van der Waals surface area contributed by atoms with Crippen molar-refractivity contribution >= 4 is 11.6 Å². The zero-order valence-corrected chi connectivity index (χ0v) is 11.6. The topological polar surface area (TPSA) is 52.6 Å². The second-order valence-corrected chi connectivity index (χ2v) is 5.02. The second-order valence-electron chi connectivity index (χ2n) is 5.02. The first-order chi connectivity index (χ1) is 9.15. The molecule has 0 saturated heterocycles. The number of amides is 1. The van der Waals surface area contributed by atoms with E-state index < -0.39 is 6.10 Å². The molecule has 2 rings (SSSR count). The molecule has 0 spiro atoms. The summed E-state index contributed by atoms with van der Waals surface area (Å²) in [5.41, 5.74) is 1.89. The van der Waals surface area contributed by atoms with Crippen molar-refractivity contribution in [3.63, 3.8) is 0 Å². The molecule has 1 aliphatic heterocycles. The third kappa shape index (κ3) is 2.89. The number of hydrogen-bond donors (Lipinski definition) is 2. The van der Waals surface area contributed by atoms with Crippen molar-refractivity contribution in [3.8, 4) is 0 Å². The lowest BCUT2D eigenvalue weighted by Crippen LogP contribution is -2.47. The zero-order chi connectivity index (χ0) is 13.8. The summed E-state index contributed by atoms with van der Waals surface area (Å²) in [5.74, 6) is 0.0491. The molecule has 0 aromatic heterocycles. The van der Waals surface area contributed by atoms with Crippen LogP contribution in [-0.2, 0) is 4.79 Å². The van der Waals surface area contributed by atoms with Crippen LogP contribution in [0.5, 0.6) is 0 Å². The smallest absolute Gasteiger partial charge is 0.242 e. The highest BCUT2D eigenvalue weighted by molar-refractivity contribution is 5.85. The quantitative estimate of drug-likeness (QED) is 0.870. The minimum absolute atomic E-state index is 0.0491. The van der Waals surface area contributed by atoms with Crippen molar-refractivity contribution in [2.75, 3.05) is 18.0 Å². The fourth-order valence-electron chi connectivity index (χ4n) is 2.51. The molecule has 1 amide bonds. The average Bonchev–Trinajstić information content (AvgIpc) is 2.45. The van der Waals surface area contributed by atoms with Crippen molar-refractivity contribution in [1.29, 1.82) is 0 Å². The van der Waals surface area contributed by atoms with Crippen LogP contribution in [0.3, 0.4) is 0 Å². The molecule has 4 heteroatoms. The van der Waals surface area contributed by atoms with Gasteiger partial charge in [-0.25, -0.2) is 0 Å². The monoisotopic (exact) mass is 262 g/mol. The first-order valence-corrected chi connectivity index (χ1v) is 6.96. The summed E-state index contributed by atoms with van der Waals surface area (Å²) in [6.45, 7) is 5.37. The highest BCUT2D eigenvalue weighted by atomic mass is 16.3. The van der Waals surface area contributed by atoms with Crippen LogP contribution in [0.25, 0.3) is 0 Å². The van der Waals surface area contributed by atoms with E-state index in [9.17, 15) is 9.90 Å². The van der Waals surface area contributed by atoms with Crippen LogP contribution in [0, 0.1) is 0 Å². The summed E-state index contributed by atoms with van der Waals surface area (Å²) in [4.78, 5) is 14.2. The molecule has 104 valence electrons. The Morgan fingerprint density at radius 1 is 1.53 bits per heavy atom. The fraction of sp³-hybridized carbons (Fsp3) is 0.533. The van der Waals surface area contributed by atoms with Gasteiger partial charge in [0.25, 0.3) is 0 Å². The molecule has 2 unspecified atom stereocenters. The van der Waals surface area contributed by atoms with Crippen LogP contribution in [0.4, 0.5) is 5.69 Å². The molecule has 1 heterocycles. The molecule has 1 aromatic carbocycles. The third-order valence-corrected chi connectivity index (χ3v) is 3.64. The maximum absolute atomic E-state index is 12.1. The van der Waals surface area contributed by atoms with Crippen LogP contribution in [-0.4, -0.2) is 30.1 Å². The highest BCUT2D eigenvalue weighted by Gasteiger charge is 2.29. The van der Waals surface area contributed by atoms with Crippen molar-refractivity contribution < 1.29 is 9.90 Å². The molecule has 2 N–H and O–H groups in total. The molecule has 0 bridgehead atoms. The number of nitrogens with one attached hydrogen (secondary N) is 1. The largest absolute Gasteiger partial charge is 0.388 e. The number of aliphatic hydroxyl groups excluding tert-OH is 1. The summed E-state index contributed by atoms with van der Waals surface area (Å²) in [6.07, 6.45) is 1.19. The summed E-state index contributed by atoms with van der Waals surface area (Å²) in [6, 6.07) is 7.57. The van der Waals surface area contributed by atoms with Gasteiger partial charge in [0.1, 0.15) is 6.04 Å². The number of carbonyl (C=O) groups excluding carboxylic acids is 1. The summed E-state index contributed by atoms with van der Waals surface area (Å²) >= 11 is 0. The standard InChI is InChI=1S/C15H22N2O2/c1-3-9-16-15(19)11(2)17-10-8-14(18)12-6-4-5-7-13(12)17/h4-7,11,14,18H,3,8-10H2,1-2H3,(H,16,19). The molecular weight excluding hydrogens is 240 g/mol. The number of para-hydroxylation sites is 1. The van der Waals surface area contributed by atoms with Crippen LogP contribution in [0.2, 0.25) is 0 Å². The number of nitrogens with zero attached hydrogens (tertiary/aromatic N) is 1. The van der Waals surface area contributed by atoms with Gasteiger partial charge in [-0.1, -0.05) is 25.1 Å². The highest BCUT2D eigenvalue weighted by Crippen LogP contribution is 2.34. The van der Waals surface area contributed by atoms with Crippen molar-refractivity contribution in [2.24, 2.45) is 0 Å². The molecule has 0 saturated carbocycles. The normalized spacial score (nSPS) is 19.7. The Balaban J connectivity index is 2.17. The molecule has 0 radical (unpaired) electrons. The first kappa shape index (κ1) is 13.9. The molecule has 4 nitrogen and oxygen atoms in total. The van der Waals surface area contributed by atoms with Gasteiger partial charge < -0.3 is 15.3 Å². The van der Waals surface area contributed by atoms with Crippen LogP contribution >= 0.6 is 0 Å². The van der Waals surface area contributed by atoms with E-state index in [2.05, 4.69) is 10.2 Å². The summed E-state index contributed by atoms with van der Waals surface area (Å²) in [5, 5.41) is 12.9. The van der Waals surface area contributed by atoms with E-state index in [1.165, 1.54) is 0 Å². The first-order valence-electron chi connectivity index (χ1n) is 6.96. The van der Waals surface area contributed by atoms with Crippen LogP contribution in [0.15, 0.2) is 24.3 Å². The number of fused-ring (bicyclic) bond motifs is 1. The van der Waals surface area contributed by atoms with Gasteiger partial charge in [0.05, 0.1) is 6.10 Å². The molecule has 1 aromatic rings. The van der Waals surface area contributed by atoms with Gasteiger partial charge in [0.15, 0.2) is 0 Å². The fourth-order valence-corrected chi connectivity index (χ4v) is 2.51. The Morgan fingerprint density at radius 3 is 3.00 bits per heavy atom. The van der Waals surface area contributed by atoms with E-state index in [0.29, 0.717) is 19.5 Å². The van der Waals surface area contributed by atoms with Gasteiger partial charge in [0.2, 0.25) is 5.91 Å². The third-order valence-electron chi connectivity index (χ3n) is 3.64. The van der Waals surface area contributed by atoms with E-state index in [0.717, 1.165) is 17.7 Å². The van der Waals surface area contributed by atoms with E-state index in [1.807, 2.05) is 38.1 Å². The number of aliphatic hydroxyl groups is 1. The van der Waals surface area contributed by atoms with Crippen molar-refractivity contribution in [3.05, 3.63) is 29.8 Å². The lowest BCUT2D eigenvalue weighted by Gasteiger charge is -2.37. The Labute approximate surface area is 114 Å². The van der Waals surface area contributed by atoms with Gasteiger partial charge in [-0.15, -0.1) is 0 Å². The van der Waals surface area contributed by atoms with Gasteiger partial charge in [0, 0.05) is 24.3 Å². The Hall–Kier alpha value is -1.55. The summed E-state index contributed by atoms with van der Waals surface area (Å²) < 4.78 is 0. The van der Waals surface area contributed by atoms with Crippen LogP contribution < -0.4 is 10.2 Å². The predicted molar refractivity (Wildman–Crippen MR) is 76.1 cm³/mol. The predicted octanol–water partition coefficient (Wildman–Crippen LogP) is 1.84. The molecule has 0 fully saturated rings. The minimum atomic E-state index is -0.418. The maximum atomic E-state index is 12.1. The van der Waals surface area contributed by atoms with Gasteiger partial charge in [-0.3, -0.25) is 4.79 Å². The molecular formula is C15H22N2O2. The average molecular weight is 262 g/mol. The van der Waals surface area contributed by atoms with E-state index in [-0.39, 0.29) is 11.9 Å². The number of benzene rings is 1. The Morgan fingerprint density at radius 2 is 2.26 bits per heavy atom. The lowest BCUT2D eigenvalue weighted by atomic mass is 9.97. The van der Waals surface area contributed by atoms with E-state index in [1.54, 1.807) is 0 Å². The van der Waals surface area contributed by atoms with Gasteiger partial charge >= 0.3 is 0 Å². The number of rotatable bonds is 4. The second kappa shape index (κ2) is 6.06. The van der Waals surface area contributed by atoms with Crippen molar-refractivity contribution in [2.45, 2.75) is 38.8 Å². The molecule has 2 atom stereocenters. The number of carbonyl (C=O) groups is 1. The Bertz CT molecular complexity index is 448. The SMILES string of the molecule is CCCNC(=O)C(C)N1CCC(O)c2ccccc21. The molecule has 19 heavy (non-hydrogen) atoms. The zero-order valence-electron chi connectivity index (χ0n) is 11.6.